The molecule has 53 rings (SSSR count). The molecule has 53 fully saturated rings. The molecule has 0 aromatic rings. The third-order valence-electron chi connectivity index (χ3n) is 56.6. The summed E-state index contributed by atoms with van der Waals surface area (Å²) >= 11 is 5.91. The minimum Gasteiger partial charge on any atom is -1.00 e. The summed E-state index contributed by atoms with van der Waals surface area (Å²) in [5.41, 5.74) is 3.94. The molecule has 4 spiro atoms. The number of halogens is 4. The number of hydrogen-bond acceptors (Lipinski definition) is 8. The summed E-state index contributed by atoms with van der Waals surface area (Å²) in [4.78, 5) is 35.6. The van der Waals surface area contributed by atoms with Crippen LogP contribution in [-0.2, 0) is 34.0 Å². The van der Waals surface area contributed by atoms with Gasteiger partial charge in [-0.25, -0.2) is 12.6 Å². The molecular weight excluding hydrogens is 1900 g/mol. The second-order valence-corrected chi connectivity index (χ2v) is 61.5. The van der Waals surface area contributed by atoms with Gasteiger partial charge in [0.15, 0.2) is 0 Å². The molecule has 37 unspecified atom stereocenters. The van der Waals surface area contributed by atoms with Crippen molar-refractivity contribution in [2.75, 3.05) is 0 Å². The van der Waals surface area contributed by atoms with Crippen LogP contribution in [0.1, 0.15) is 286 Å². The fourth-order valence-corrected chi connectivity index (χ4v) is 55.7. The van der Waals surface area contributed by atoms with Gasteiger partial charge in [-0.15, -0.1) is 0 Å². The van der Waals surface area contributed by atoms with Crippen LogP contribution in [0, 0.1) is 384 Å². The van der Waals surface area contributed by atoms with Crippen LogP contribution < -0.4 is 75.4 Å². The van der Waals surface area contributed by atoms with Gasteiger partial charge in [-0.3, -0.25) is 18.9 Å². The first kappa shape index (κ1) is 96.4. The molecule has 53 aliphatic carbocycles. The maximum absolute atomic E-state index is 12.3. The number of Topliss-reactive ketones (excluding diaryl/α,β-unsaturated/α-hetero) is 1. The average molecular weight is 2070 g/mol. The van der Waals surface area contributed by atoms with Crippen LogP contribution >= 0.6 is 33.0 Å². The van der Waals surface area contributed by atoms with Crippen LogP contribution in [0.15, 0.2) is 12.2 Å². The third-order valence-corrected chi connectivity index (χ3v) is 56.8. The molecule has 0 aromatic heterocycles. The molecule has 0 aliphatic heterocycles. The summed E-state index contributed by atoms with van der Waals surface area (Å²) in [6, 6.07) is 0. The van der Waals surface area contributed by atoms with E-state index >= 15 is 0 Å². The normalized spacial score (nSPS) is 64.7. The second kappa shape index (κ2) is 32.3. The zero-order valence-corrected chi connectivity index (χ0v) is 90.3. The third kappa shape index (κ3) is 12.7. The van der Waals surface area contributed by atoms with E-state index in [9.17, 15) is 24.6 Å². The smallest absolute Gasteiger partial charge is 1.00 e. The predicted molar refractivity (Wildman–Crippen MR) is 512 cm³/mol. The fraction of sp³-hybridized carbons (Fsp3) is 0.948. The molecule has 53 saturated carbocycles. The van der Waals surface area contributed by atoms with Crippen LogP contribution in [0.4, 0.5) is 0 Å². The summed E-state index contributed by atoms with van der Waals surface area (Å²) in [5.74, 6) is 60.8. The van der Waals surface area contributed by atoms with Crippen molar-refractivity contribution < 1.29 is 122 Å². The van der Waals surface area contributed by atoms with Crippen molar-refractivity contribution in [3.8, 4) is 0 Å². The number of aliphatic hydroxyl groups is 1. The standard InChI is InChI=1S/C17H21ClO.C17H22O2.2C17H24.C15H22O.C15H20.C14H18O.2CH4.CH3.Cl2OS.HI.K.Mg.H2O4S/c2*18-16(19)14-6-17(14)8-4-10-9-1-7-2-12(10)15(17)13(3-7)11(9)5-8;2*1-8-7-17(8)10-5-12-11-2-9-3-14(12)16(17)15(4-9)13(11)6-10;1-15(16)8-5-10-9-2-7-3-12(10)14(15)13(4-7)11(9)6-8;1-7-9-5-11-10-2-8-3-13(11)15(7)14(4-8)12(10)6-9;15-14-7-4-9-8-1-6-2-11(9)13(14)12(3-6)10(8)5-7;;;;1-4(2)3;;;;1-5(2,3)4/h7-15H,1-6H2;7-15H,1-6H2,(H,18,19);2*8-16H,2-7H2,1H3;7-14,16H,2-6H2,1H3;8-15H,1-6H2;6-13H,1-5H2;2*1H4;1H3;;1H;;;(H2,1,2,3,4)/q;;;;;;;;;-1;;;+1;+2;/p-2. The molecule has 10 nitrogen and oxygen atoms in total. The Morgan fingerprint density at radius 1 is 0.368 bits per heavy atom. The second-order valence-electron chi connectivity index (χ2n) is 57.7. The van der Waals surface area contributed by atoms with E-state index in [1.165, 1.54) is 216 Å². The van der Waals surface area contributed by atoms with Crippen LogP contribution in [0.2, 0.25) is 0 Å². The van der Waals surface area contributed by atoms with Gasteiger partial charge in [-0.05, 0) is 622 Å². The van der Waals surface area contributed by atoms with Crippen molar-refractivity contribution in [3.63, 3.8) is 0 Å². The molecule has 133 heavy (non-hydrogen) atoms. The fourth-order valence-electron chi connectivity index (χ4n) is 55.4. The Balaban J connectivity index is 0.0000000814. The maximum atomic E-state index is 12.3. The maximum Gasteiger partial charge on any atom is 2.00 e. The van der Waals surface area contributed by atoms with Gasteiger partial charge in [-0.1, -0.05) is 40.9 Å². The van der Waals surface area contributed by atoms with Gasteiger partial charge >= 0.3 is 80.4 Å². The van der Waals surface area contributed by atoms with Crippen LogP contribution in [0.25, 0.3) is 0 Å². The molecule has 37 atom stereocenters. The van der Waals surface area contributed by atoms with Crippen molar-refractivity contribution >= 4 is 92.6 Å². The monoisotopic (exact) mass is 2060 g/mol. The molecule has 18 heteroatoms. The molecule has 0 saturated heterocycles. The Labute approximate surface area is 892 Å². The molecule has 0 radical (unpaired) electrons. The van der Waals surface area contributed by atoms with E-state index in [0.717, 1.165) is 243 Å². The van der Waals surface area contributed by atoms with E-state index in [1.54, 1.807) is 128 Å². The summed E-state index contributed by atoms with van der Waals surface area (Å²) in [5, 5.41) is 20.4. The Bertz CT molecular complexity index is 4460. The first-order valence-electron chi connectivity index (χ1n) is 55.8. The summed E-state index contributed by atoms with van der Waals surface area (Å²) in [6.45, 7) is 11.8. The van der Waals surface area contributed by atoms with Crippen LogP contribution in [-0.4, -0.2) is 77.6 Å². The number of carboxylic acid groups (broad SMARTS) is 1. The van der Waals surface area contributed by atoms with Crippen molar-refractivity contribution in [2.24, 2.45) is 377 Å². The Hall–Kier alpha value is 2.53. The number of rotatable bonds is 2. The first-order valence-corrected chi connectivity index (χ1v) is 60.4. The molecule has 0 heterocycles. The minimum atomic E-state index is -4.92. The number of carboxylic acids is 1. The predicted octanol–water partition coefficient (Wildman–Crippen LogP) is 18.7. The van der Waals surface area contributed by atoms with Crippen molar-refractivity contribution in [1.29, 1.82) is 0 Å². The molecule has 56 bridgehead atoms. The van der Waals surface area contributed by atoms with E-state index in [-0.39, 0.29) is 143 Å². The Morgan fingerprint density at radius 3 is 0.812 bits per heavy atom. The number of carbonyl (C=O) groups excluding carboxylic acids is 2. The largest absolute Gasteiger partial charge is 2.00 e. The minimum absolute atomic E-state index is 0. The number of aliphatic carboxylic acids is 1. The van der Waals surface area contributed by atoms with E-state index in [0.29, 0.717) is 40.3 Å². The first-order chi connectivity index (χ1) is 61.0. The van der Waals surface area contributed by atoms with Gasteiger partial charge in [0.2, 0.25) is 24.9 Å². The zero-order chi connectivity index (χ0) is 85.1. The van der Waals surface area contributed by atoms with Gasteiger partial charge in [0.1, 0.15) is 5.78 Å². The van der Waals surface area contributed by atoms with E-state index in [4.69, 9.17) is 33.3 Å². The number of carbonyl (C=O) groups is 3. The summed E-state index contributed by atoms with van der Waals surface area (Å²) in [6.07, 6.45) is 59.0. The van der Waals surface area contributed by atoms with Crippen molar-refractivity contribution in [1.82, 2.24) is 0 Å². The summed E-state index contributed by atoms with van der Waals surface area (Å²) < 4.78 is 41.9. The SMILES string of the molecule is C.C.C=C1C2CC3C4CC5CC3C1C(C5)C4C2.CC1(O)C2CC3C4CC5CC3C1C(C5)C4C2.CC1CC12C1CC3C4CC5CC3C2C(C5)C4C1.CC1CC12C1CC3C4CC5CC3C2C(C5)C4C1.O=C(Cl)C1CC12C1CC3C4CC5CC3C2C(C5)C4C1.O=C(O)C1CC12C1CC3C4CC5CC3C2C(C5)C4C1.O=C1C2CC3C4CC5CC3C1C(C5)C4C2.O=S(=O)([O-])O.O=S(Cl)Cl.[CH3-].[I-].[K+].[Mg+2]. The molecule has 0 aromatic carbocycles. The molecule has 3 N–H and O–H groups in total. The van der Waals surface area contributed by atoms with Gasteiger partial charge in [0, 0.05) is 39.1 Å². The van der Waals surface area contributed by atoms with E-state index in [1.807, 2.05) is 0 Å². The molecule has 0 amide bonds. The molecule has 53 aliphatic rings. The van der Waals surface area contributed by atoms with Gasteiger partial charge in [-0.2, -0.15) is 0 Å². The molecule has 726 valence electrons. The Kier molecular flexibility index (Phi) is 23.4. The number of hydrogen-bond donors (Lipinski definition) is 3. The summed E-state index contributed by atoms with van der Waals surface area (Å²) in [7, 11) is 2.44. The van der Waals surface area contributed by atoms with Crippen LogP contribution in [0.5, 0.6) is 0 Å². The van der Waals surface area contributed by atoms with E-state index < -0.39 is 25.6 Å². The van der Waals surface area contributed by atoms with Crippen molar-refractivity contribution in [2.45, 2.75) is 292 Å². The van der Waals surface area contributed by atoms with E-state index in [2.05, 4.69) is 48.7 Å². The van der Waals surface area contributed by atoms with Gasteiger partial charge < -0.3 is 46.2 Å². The molecular formula is C115H163Cl3IKMgO10S2. The number of ketones is 1. The Morgan fingerprint density at radius 2 is 0.564 bits per heavy atom. The van der Waals surface area contributed by atoms with Gasteiger partial charge in [0.25, 0.3) is 0 Å². The topological polar surface area (TPSA) is 186 Å². The van der Waals surface area contributed by atoms with Crippen LogP contribution in [0.3, 0.4) is 0 Å². The average Bonchev–Trinajstić information content (AvgIpc) is 1.49. The quantitative estimate of drug-likeness (QED) is 0.0457. The van der Waals surface area contributed by atoms with Gasteiger partial charge in [0.05, 0.1) is 11.5 Å². The zero-order valence-electron chi connectivity index (χ0n) is 79.7. The number of allylic oxidation sites excluding steroid dienone is 1. The van der Waals surface area contributed by atoms with Crippen molar-refractivity contribution in [3.05, 3.63) is 19.6 Å².